The van der Waals surface area contributed by atoms with Crippen molar-refractivity contribution >= 4 is 28.1 Å². The highest BCUT2D eigenvalue weighted by Gasteiger charge is 2.17. The van der Waals surface area contributed by atoms with E-state index >= 15 is 0 Å². The van der Waals surface area contributed by atoms with Crippen molar-refractivity contribution in [2.45, 2.75) is 39.2 Å². The van der Waals surface area contributed by atoms with Crippen LogP contribution < -0.4 is 16.0 Å². The zero-order chi connectivity index (χ0) is 32.0. The molecule has 0 spiro atoms. The van der Waals surface area contributed by atoms with Gasteiger partial charge in [-0.25, -0.2) is 9.37 Å². The highest BCUT2D eigenvalue weighted by molar-refractivity contribution is 5.91. The molecule has 4 aromatic heterocycles. The second kappa shape index (κ2) is 14.2. The first-order valence-corrected chi connectivity index (χ1v) is 16.0. The number of rotatable bonds is 13. The fourth-order valence-corrected chi connectivity index (χ4v) is 6.07. The number of benzene rings is 1. The molecule has 238 valence electrons. The van der Waals surface area contributed by atoms with Crippen LogP contribution in [0.3, 0.4) is 0 Å². The number of pyridine rings is 3. The molecule has 1 aromatic carbocycles. The summed E-state index contributed by atoms with van der Waals surface area (Å²) in [5, 5.41) is 18.0. The van der Waals surface area contributed by atoms with Gasteiger partial charge in [-0.3, -0.25) is 15.1 Å². The summed E-state index contributed by atoms with van der Waals surface area (Å²) in [6.45, 7) is 9.64. The van der Waals surface area contributed by atoms with Gasteiger partial charge in [0.1, 0.15) is 17.0 Å². The third kappa shape index (κ3) is 7.41. The predicted molar refractivity (Wildman–Crippen MR) is 185 cm³/mol. The Morgan fingerprint density at radius 1 is 1.07 bits per heavy atom. The molecule has 0 saturated heterocycles. The van der Waals surface area contributed by atoms with Crippen LogP contribution in [-0.2, 0) is 6.54 Å². The number of fused-ring (bicyclic) bond motifs is 1. The van der Waals surface area contributed by atoms with Crippen molar-refractivity contribution in [3.63, 3.8) is 0 Å². The van der Waals surface area contributed by atoms with Crippen LogP contribution in [0.15, 0.2) is 67.6 Å². The second-order valence-corrected chi connectivity index (χ2v) is 12.4. The van der Waals surface area contributed by atoms with E-state index in [0.717, 1.165) is 59.1 Å². The van der Waals surface area contributed by atoms with Gasteiger partial charge < -0.3 is 20.9 Å². The van der Waals surface area contributed by atoms with Gasteiger partial charge in [-0.05, 0) is 99.9 Å². The summed E-state index contributed by atoms with van der Waals surface area (Å²) < 4.78 is 14.6. The van der Waals surface area contributed by atoms with Crippen molar-refractivity contribution in [2.24, 2.45) is 5.92 Å². The summed E-state index contributed by atoms with van der Waals surface area (Å²) in [7, 11) is 4.01. The minimum atomic E-state index is -0.320. The van der Waals surface area contributed by atoms with Crippen molar-refractivity contribution in [1.82, 2.24) is 35.4 Å². The highest BCUT2D eigenvalue weighted by Crippen LogP contribution is 2.32. The minimum absolute atomic E-state index is 0.320. The van der Waals surface area contributed by atoms with Crippen LogP contribution in [0.1, 0.15) is 42.5 Å². The van der Waals surface area contributed by atoms with Crippen LogP contribution in [0.2, 0.25) is 0 Å². The lowest BCUT2D eigenvalue weighted by Gasteiger charge is -2.15. The van der Waals surface area contributed by atoms with E-state index in [2.05, 4.69) is 53.7 Å². The summed E-state index contributed by atoms with van der Waals surface area (Å²) in [6.07, 6.45) is 10.8. The molecular weight excluding hydrogens is 577 g/mol. The molecule has 0 unspecified atom stereocenters. The number of nitrogens with zero attached hydrogens (tertiary/aromatic N) is 5. The topological polar surface area (TPSA) is 107 Å². The van der Waals surface area contributed by atoms with E-state index < -0.39 is 0 Å². The molecule has 0 aliphatic heterocycles. The van der Waals surface area contributed by atoms with Gasteiger partial charge in [0, 0.05) is 60.7 Å². The van der Waals surface area contributed by atoms with Gasteiger partial charge in [0.2, 0.25) is 0 Å². The number of halogens is 1. The smallest absolute Gasteiger partial charge is 0.134 e. The Kier molecular flexibility index (Phi) is 9.65. The Balaban J connectivity index is 1.19. The summed E-state index contributed by atoms with van der Waals surface area (Å²) in [4.78, 5) is 16.1. The third-order valence-corrected chi connectivity index (χ3v) is 8.57. The molecule has 10 heteroatoms. The van der Waals surface area contributed by atoms with E-state index in [1.165, 1.54) is 37.8 Å². The van der Waals surface area contributed by atoms with E-state index in [1.54, 1.807) is 6.20 Å². The lowest BCUT2D eigenvalue weighted by Crippen LogP contribution is -2.20. The summed E-state index contributed by atoms with van der Waals surface area (Å²) >= 11 is 0. The molecule has 5 aromatic rings. The molecule has 1 saturated carbocycles. The van der Waals surface area contributed by atoms with Crippen LogP contribution in [0.4, 0.5) is 15.8 Å². The van der Waals surface area contributed by atoms with Gasteiger partial charge in [-0.1, -0.05) is 19.4 Å². The molecule has 1 fully saturated rings. The average molecular weight is 620 g/mol. The number of nitrogens with one attached hydrogen (secondary N) is 4. The van der Waals surface area contributed by atoms with Crippen molar-refractivity contribution in [2.75, 3.05) is 44.4 Å². The third-order valence-electron chi connectivity index (χ3n) is 8.57. The molecule has 0 atom stereocenters. The molecule has 6 rings (SSSR count). The van der Waals surface area contributed by atoms with Gasteiger partial charge in [-0.2, -0.15) is 5.10 Å². The van der Waals surface area contributed by atoms with Crippen LogP contribution in [0.5, 0.6) is 0 Å². The predicted octanol–water partition coefficient (Wildman–Crippen LogP) is 6.87. The zero-order valence-corrected chi connectivity index (χ0v) is 26.8. The minimum Gasteiger partial charge on any atom is -0.384 e. The van der Waals surface area contributed by atoms with E-state index in [0.29, 0.717) is 40.4 Å². The Labute approximate surface area is 269 Å². The Bertz CT molecular complexity index is 1820. The fraction of sp³-hybridized carbons (Fsp3) is 0.333. The maximum Gasteiger partial charge on any atom is 0.134 e. The molecule has 4 N–H and O–H groups in total. The number of H-pyrrole nitrogens is 1. The Morgan fingerprint density at radius 3 is 2.74 bits per heavy atom. The molecule has 0 radical (unpaired) electrons. The van der Waals surface area contributed by atoms with E-state index in [1.807, 2.05) is 57.7 Å². The molecular formula is C36H42FN9. The quantitative estimate of drug-likeness (QED) is 0.113. The van der Waals surface area contributed by atoms with E-state index in [-0.39, 0.29) is 5.82 Å². The number of anilines is 2. The standard InChI is InChI=1S/C36H42FN9/c1-23-31(11-12-41-34(23)27-16-29(37)18-30(17-27)40-13-14-46(3)4)42-24(2)35-36-33(44-45-35)10-9-32(43-36)28-15-26(21-39-22-28)20-38-19-25-7-5-6-8-25/h9-12,15-18,21-22,25,38,40H,2,5-8,13-14,19-20H2,1,3-4H3,(H,41,42)(H,44,45). The average Bonchev–Trinajstić information content (AvgIpc) is 3.72. The normalized spacial score (nSPS) is 13.5. The van der Waals surface area contributed by atoms with Gasteiger partial charge >= 0.3 is 0 Å². The molecule has 9 nitrogen and oxygen atoms in total. The first-order valence-electron chi connectivity index (χ1n) is 16.0. The van der Waals surface area contributed by atoms with Gasteiger partial charge in [0.05, 0.1) is 22.6 Å². The van der Waals surface area contributed by atoms with Gasteiger partial charge in [-0.15, -0.1) is 0 Å². The number of hydrogen-bond acceptors (Lipinski definition) is 8. The summed E-state index contributed by atoms with van der Waals surface area (Å²) in [5.41, 5.74) is 9.40. The maximum absolute atomic E-state index is 14.6. The molecule has 1 aliphatic rings. The maximum atomic E-state index is 14.6. The van der Waals surface area contributed by atoms with E-state index in [4.69, 9.17) is 4.98 Å². The molecule has 4 heterocycles. The van der Waals surface area contributed by atoms with Crippen molar-refractivity contribution < 1.29 is 4.39 Å². The summed E-state index contributed by atoms with van der Waals surface area (Å²) in [6, 6.07) is 12.9. The molecule has 0 bridgehead atoms. The first-order chi connectivity index (χ1) is 22.3. The second-order valence-electron chi connectivity index (χ2n) is 12.4. The first kappa shape index (κ1) is 31.3. The largest absolute Gasteiger partial charge is 0.384 e. The monoisotopic (exact) mass is 619 g/mol. The van der Waals surface area contributed by atoms with Crippen molar-refractivity contribution in [3.05, 3.63) is 90.3 Å². The highest BCUT2D eigenvalue weighted by atomic mass is 19.1. The molecule has 1 aliphatic carbocycles. The van der Waals surface area contributed by atoms with Gasteiger partial charge in [0.25, 0.3) is 0 Å². The van der Waals surface area contributed by atoms with Crippen LogP contribution in [0.25, 0.3) is 39.2 Å². The van der Waals surface area contributed by atoms with Crippen LogP contribution >= 0.6 is 0 Å². The zero-order valence-electron chi connectivity index (χ0n) is 26.8. The summed E-state index contributed by atoms with van der Waals surface area (Å²) in [5.74, 6) is 0.471. The van der Waals surface area contributed by atoms with Crippen LogP contribution in [0, 0.1) is 18.7 Å². The number of aromatic amines is 1. The number of likely N-dealkylation sites (N-methyl/N-ethyl adjacent to an activating group) is 1. The number of aromatic nitrogens is 5. The Hall–Kier alpha value is -4.67. The fourth-order valence-electron chi connectivity index (χ4n) is 6.07. The number of hydrogen-bond donors (Lipinski definition) is 4. The van der Waals surface area contributed by atoms with Gasteiger partial charge in [0.15, 0.2) is 0 Å². The van der Waals surface area contributed by atoms with E-state index in [9.17, 15) is 4.39 Å². The lowest BCUT2D eigenvalue weighted by molar-refractivity contribution is 0.425. The molecule has 0 amide bonds. The van der Waals surface area contributed by atoms with Crippen LogP contribution in [-0.4, -0.2) is 63.8 Å². The lowest BCUT2D eigenvalue weighted by atomic mass is 10.0. The molecule has 46 heavy (non-hydrogen) atoms. The van der Waals surface area contributed by atoms with Crippen molar-refractivity contribution in [3.8, 4) is 22.5 Å². The van der Waals surface area contributed by atoms with Crippen molar-refractivity contribution in [1.29, 1.82) is 0 Å². The SMILES string of the molecule is C=C(Nc1ccnc(-c2cc(F)cc(NCCN(C)C)c2)c1C)c1n[nH]c2ccc(-c3cncc(CNCC4CCCC4)c3)nc12. The Morgan fingerprint density at radius 2 is 1.91 bits per heavy atom.